The fourth-order valence-corrected chi connectivity index (χ4v) is 4.75. The van der Waals surface area contributed by atoms with Crippen molar-refractivity contribution >= 4 is 9.84 Å². The molecule has 1 fully saturated rings. The third-order valence-electron chi connectivity index (χ3n) is 4.12. The molecule has 6 heteroatoms. The number of rotatable bonds is 8. The quantitative estimate of drug-likeness (QED) is 0.688. The first-order valence-corrected chi connectivity index (χ1v) is 9.59. The monoisotopic (exact) mass is 315 g/mol. The Bertz CT molecular complexity index is 470. The Morgan fingerprint density at radius 3 is 2.57 bits per heavy atom. The van der Waals surface area contributed by atoms with Gasteiger partial charge in [0.25, 0.3) is 0 Å². The summed E-state index contributed by atoms with van der Waals surface area (Å²) in [4.78, 5) is 2.16. The van der Waals surface area contributed by atoms with Crippen molar-refractivity contribution in [1.82, 2.24) is 10.2 Å². The molecular weight excluding hydrogens is 286 g/mol. The third kappa shape index (κ3) is 6.33. The molecule has 21 heavy (non-hydrogen) atoms. The van der Waals surface area contributed by atoms with Crippen molar-refractivity contribution in [2.45, 2.75) is 64.1 Å². The summed E-state index contributed by atoms with van der Waals surface area (Å²) in [5.74, 6) is 0.626. The molecule has 0 bridgehead atoms. The SMILES string of the molecule is CC(C)NC(C)(C#N)CCCCN(C)C1CCS(=O)(=O)C1. The predicted molar refractivity (Wildman–Crippen MR) is 85.8 cm³/mol. The third-order valence-corrected chi connectivity index (χ3v) is 5.87. The summed E-state index contributed by atoms with van der Waals surface area (Å²) in [6, 6.07) is 2.82. The average Bonchev–Trinajstić information content (AvgIpc) is 2.74. The summed E-state index contributed by atoms with van der Waals surface area (Å²) < 4.78 is 23.0. The molecule has 1 saturated heterocycles. The lowest BCUT2D eigenvalue weighted by Gasteiger charge is -2.27. The Kier molecular flexibility index (Phi) is 6.64. The zero-order chi connectivity index (χ0) is 16.1. The molecule has 1 N–H and O–H groups in total. The van der Waals surface area contributed by atoms with Gasteiger partial charge in [-0.1, -0.05) is 0 Å². The summed E-state index contributed by atoms with van der Waals surface area (Å²) in [5, 5.41) is 12.6. The van der Waals surface area contributed by atoms with E-state index in [1.54, 1.807) is 0 Å². The van der Waals surface area contributed by atoms with Gasteiger partial charge in [-0.05, 0) is 60.0 Å². The zero-order valence-electron chi connectivity index (χ0n) is 13.7. The maximum atomic E-state index is 11.5. The van der Waals surface area contributed by atoms with E-state index >= 15 is 0 Å². The van der Waals surface area contributed by atoms with Crippen LogP contribution in [0, 0.1) is 11.3 Å². The van der Waals surface area contributed by atoms with Crippen molar-refractivity contribution in [3.05, 3.63) is 0 Å². The number of nitriles is 1. The fraction of sp³-hybridized carbons (Fsp3) is 0.933. The number of hydrogen-bond acceptors (Lipinski definition) is 5. The van der Waals surface area contributed by atoms with Crippen LogP contribution in [0.4, 0.5) is 0 Å². The van der Waals surface area contributed by atoms with Crippen molar-refractivity contribution in [2.24, 2.45) is 0 Å². The second-order valence-electron chi connectivity index (χ2n) is 6.74. The minimum Gasteiger partial charge on any atom is -0.302 e. The van der Waals surface area contributed by atoms with E-state index in [0.717, 1.165) is 32.2 Å². The van der Waals surface area contributed by atoms with Gasteiger partial charge in [0, 0.05) is 12.1 Å². The molecule has 0 aromatic rings. The van der Waals surface area contributed by atoms with E-state index in [-0.39, 0.29) is 6.04 Å². The van der Waals surface area contributed by atoms with Gasteiger partial charge in [-0.15, -0.1) is 0 Å². The number of unbranched alkanes of at least 4 members (excludes halogenated alkanes) is 1. The molecule has 1 aliphatic rings. The highest BCUT2D eigenvalue weighted by Gasteiger charge is 2.30. The Balaban J connectivity index is 2.29. The summed E-state index contributed by atoms with van der Waals surface area (Å²) in [7, 11) is -0.805. The van der Waals surface area contributed by atoms with Gasteiger partial charge >= 0.3 is 0 Å². The van der Waals surface area contributed by atoms with Gasteiger partial charge in [-0.2, -0.15) is 5.26 Å². The standard InChI is InChI=1S/C15H29N3O2S/c1-13(2)17-15(3,12-16)8-5-6-9-18(4)14-7-10-21(19,20)11-14/h13-14,17H,5-11H2,1-4H3. The van der Waals surface area contributed by atoms with Gasteiger partial charge < -0.3 is 4.90 Å². The molecule has 122 valence electrons. The molecule has 0 saturated carbocycles. The normalized spacial score (nSPS) is 24.1. The van der Waals surface area contributed by atoms with Crippen LogP contribution in [0.5, 0.6) is 0 Å². The van der Waals surface area contributed by atoms with Crippen LogP contribution in [0.2, 0.25) is 0 Å². The summed E-state index contributed by atoms with van der Waals surface area (Å²) in [5.41, 5.74) is -0.469. The summed E-state index contributed by atoms with van der Waals surface area (Å²) >= 11 is 0. The average molecular weight is 315 g/mol. The second-order valence-corrected chi connectivity index (χ2v) is 8.97. The van der Waals surface area contributed by atoms with E-state index in [9.17, 15) is 13.7 Å². The first kappa shape index (κ1) is 18.4. The van der Waals surface area contributed by atoms with Gasteiger partial charge in [0.2, 0.25) is 0 Å². The number of nitrogens with zero attached hydrogens (tertiary/aromatic N) is 2. The van der Waals surface area contributed by atoms with Gasteiger partial charge in [0.15, 0.2) is 9.84 Å². The summed E-state index contributed by atoms with van der Waals surface area (Å²) in [6.07, 6.45) is 3.53. The van der Waals surface area contributed by atoms with Crippen LogP contribution in [-0.4, -0.2) is 56.0 Å². The van der Waals surface area contributed by atoms with E-state index in [4.69, 9.17) is 0 Å². The van der Waals surface area contributed by atoms with Crippen LogP contribution in [0.1, 0.15) is 46.5 Å². The largest absolute Gasteiger partial charge is 0.302 e. The molecule has 0 aromatic heterocycles. The Hall–Kier alpha value is -0.640. The molecule has 0 amide bonds. The van der Waals surface area contributed by atoms with Gasteiger partial charge in [0.05, 0.1) is 17.6 Å². The molecule has 1 aliphatic heterocycles. The highest BCUT2D eigenvalue weighted by molar-refractivity contribution is 7.91. The van der Waals surface area contributed by atoms with Crippen molar-refractivity contribution in [3.63, 3.8) is 0 Å². The van der Waals surface area contributed by atoms with E-state index in [1.165, 1.54) is 0 Å². The molecule has 0 radical (unpaired) electrons. The van der Waals surface area contributed by atoms with Crippen LogP contribution in [0.25, 0.3) is 0 Å². The van der Waals surface area contributed by atoms with E-state index < -0.39 is 15.4 Å². The lowest BCUT2D eigenvalue weighted by molar-refractivity contribution is 0.251. The smallest absolute Gasteiger partial charge is 0.151 e. The van der Waals surface area contributed by atoms with Crippen LogP contribution in [0.3, 0.4) is 0 Å². The highest BCUT2D eigenvalue weighted by atomic mass is 32.2. The Morgan fingerprint density at radius 1 is 1.43 bits per heavy atom. The minimum atomic E-state index is -2.81. The second kappa shape index (κ2) is 7.57. The topological polar surface area (TPSA) is 73.2 Å². The van der Waals surface area contributed by atoms with E-state index in [2.05, 4.69) is 16.3 Å². The van der Waals surface area contributed by atoms with Crippen molar-refractivity contribution in [1.29, 1.82) is 5.26 Å². The molecule has 5 nitrogen and oxygen atoms in total. The minimum absolute atomic E-state index is 0.172. The molecule has 0 spiro atoms. The Labute approximate surface area is 129 Å². The number of nitrogens with one attached hydrogen (secondary N) is 1. The van der Waals surface area contributed by atoms with Crippen LogP contribution in [-0.2, 0) is 9.84 Å². The predicted octanol–water partition coefficient (Wildman–Crippen LogP) is 1.56. The zero-order valence-corrected chi connectivity index (χ0v) is 14.5. The van der Waals surface area contributed by atoms with Gasteiger partial charge in [-0.3, -0.25) is 5.32 Å². The molecule has 2 unspecified atom stereocenters. The number of sulfone groups is 1. The Morgan fingerprint density at radius 2 is 2.10 bits per heavy atom. The van der Waals surface area contributed by atoms with Crippen molar-refractivity contribution < 1.29 is 8.42 Å². The molecule has 0 aromatic carbocycles. The first-order valence-electron chi connectivity index (χ1n) is 7.77. The molecular formula is C15H29N3O2S. The maximum absolute atomic E-state index is 11.5. The molecule has 1 rings (SSSR count). The molecule has 1 heterocycles. The highest BCUT2D eigenvalue weighted by Crippen LogP contribution is 2.18. The van der Waals surface area contributed by atoms with Crippen LogP contribution in [0.15, 0.2) is 0 Å². The van der Waals surface area contributed by atoms with Crippen LogP contribution >= 0.6 is 0 Å². The fourth-order valence-electron chi connectivity index (χ4n) is 2.94. The van der Waals surface area contributed by atoms with Gasteiger partial charge in [-0.25, -0.2) is 8.42 Å². The lowest BCUT2D eigenvalue weighted by atomic mass is 9.95. The summed E-state index contributed by atoms with van der Waals surface area (Å²) in [6.45, 7) is 6.93. The first-order chi connectivity index (χ1) is 9.67. The van der Waals surface area contributed by atoms with Crippen LogP contribution < -0.4 is 5.32 Å². The van der Waals surface area contributed by atoms with Crippen molar-refractivity contribution in [3.8, 4) is 6.07 Å². The van der Waals surface area contributed by atoms with E-state index in [1.807, 2.05) is 27.8 Å². The van der Waals surface area contributed by atoms with Gasteiger partial charge in [0.1, 0.15) is 5.54 Å². The number of hydrogen-bond donors (Lipinski definition) is 1. The molecule has 0 aliphatic carbocycles. The lowest BCUT2D eigenvalue weighted by Crippen LogP contribution is -2.45. The van der Waals surface area contributed by atoms with Crippen molar-refractivity contribution in [2.75, 3.05) is 25.1 Å². The molecule has 2 atom stereocenters. The maximum Gasteiger partial charge on any atom is 0.151 e. The van der Waals surface area contributed by atoms with E-state index in [0.29, 0.717) is 17.5 Å².